The molecule has 1 unspecified atom stereocenters. The zero-order valence-electron chi connectivity index (χ0n) is 18.1. The molecule has 1 amide bonds. The number of ether oxygens (including phenoxy) is 1. The van der Waals surface area contributed by atoms with Gasteiger partial charge in [-0.25, -0.2) is 8.42 Å². The van der Waals surface area contributed by atoms with Crippen molar-refractivity contribution in [3.8, 4) is 5.75 Å². The molecule has 4 rings (SSSR count). The van der Waals surface area contributed by atoms with Crippen molar-refractivity contribution in [1.29, 1.82) is 0 Å². The van der Waals surface area contributed by atoms with E-state index in [2.05, 4.69) is 10.0 Å². The molecule has 0 aliphatic rings. The SMILES string of the molecule is COc1ccc(NC(=O)C(Cc2ccccc2)NS(=O)(=O)c2ccc3ccccc3c2)cc1. The molecule has 0 aromatic heterocycles. The van der Waals surface area contributed by atoms with Crippen molar-refractivity contribution in [2.45, 2.75) is 17.4 Å². The van der Waals surface area contributed by atoms with Crippen molar-refractivity contribution in [3.05, 3.63) is 103 Å². The second-order valence-corrected chi connectivity index (χ2v) is 9.30. The summed E-state index contributed by atoms with van der Waals surface area (Å²) in [6.45, 7) is 0. The average molecular weight is 461 g/mol. The van der Waals surface area contributed by atoms with Crippen LogP contribution in [0.5, 0.6) is 5.75 Å². The largest absolute Gasteiger partial charge is 0.497 e. The van der Waals surface area contributed by atoms with Crippen LogP contribution in [0.15, 0.2) is 102 Å². The second-order valence-electron chi connectivity index (χ2n) is 7.59. The van der Waals surface area contributed by atoms with E-state index in [1.54, 1.807) is 49.6 Å². The van der Waals surface area contributed by atoms with Gasteiger partial charge in [0.15, 0.2) is 0 Å². The Labute approximate surface area is 193 Å². The number of fused-ring (bicyclic) bond motifs is 1. The summed E-state index contributed by atoms with van der Waals surface area (Å²) in [7, 11) is -2.39. The number of hydrogen-bond donors (Lipinski definition) is 2. The first kappa shape index (κ1) is 22.5. The zero-order chi connectivity index (χ0) is 23.3. The lowest BCUT2D eigenvalue weighted by Gasteiger charge is -2.19. The van der Waals surface area contributed by atoms with E-state index in [4.69, 9.17) is 4.74 Å². The molecule has 6 nitrogen and oxygen atoms in total. The number of carbonyl (C=O) groups is 1. The Morgan fingerprint density at radius 1 is 0.848 bits per heavy atom. The quantitative estimate of drug-likeness (QED) is 0.409. The van der Waals surface area contributed by atoms with Crippen molar-refractivity contribution in [3.63, 3.8) is 0 Å². The molecule has 0 saturated carbocycles. The molecule has 1 atom stereocenters. The van der Waals surface area contributed by atoms with Gasteiger partial charge in [-0.2, -0.15) is 4.72 Å². The summed E-state index contributed by atoms with van der Waals surface area (Å²) in [5.41, 5.74) is 1.39. The molecule has 33 heavy (non-hydrogen) atoms. The molecule has 4 aromatic carbocycles. The highest BCUT2D eigenvalue weighted by Gasteiger charge is 2.26. The second kappa shape index (κ2) is 9.85. The number of amides is 1. The predicted octanol–water partition coefficient (Wildman–Crippen LogP) is 4.38. The topological polar surface area (TPSA) is 84.5 Å². The molecule has 2 N–H and O–H groups in total. The number of anilines is 1. The van der Waals surface area contributed by atoms with Crippen LogP contribution in [0, 0.1) is 0 Å². The fourth-order valence-electron chi connectivity index (χ4n) is 3.53. The maximum atomic E-state index is 13.2. The van der Waals surface area contributed by atoms with Crippen LogP contribution in [0.1, 0.15) is 5.56 Å². The Hall–Kier alpha value is -3.68. The standard InChI is InChI=1S/C26H24N2O4S/c1-32-23-14-12-22(13-15-23)27-26(29)25(17-19-7-3-2-4-8-19)28-33(30,31)24-16-11-20-9-5-6-10-21(20)18-24/h2-16,18,25,28H,17H2,1H3,(H,27,29). The van der Waals surface area contributed by atoms with Crippen molar-refractivity contribution in [2.75, 3.05) is 12.4 Å². The predicted molar refractivity (Wildman–Crippen MR) is 130 cm³/mol. The van der Waals surface area contributed by atoms with E-state index in [9.17, 15) is 13.2 Å². The smallest absolute Gasteiger partial charge is 0.242 e. The van der Waals surface area contributed by atoms with Crippen LogP contribution in [-0.2, 0) is 21.2 Å². The number of rotatable bonds is 8. The Kier molecular flexibility index (Phi) is 6.72. The molecular weight excluding hydrogens is 436 g/mol. The molecule has 0 bridgehead atoms. The number of benzene rings is 4. The lowest BCUT2D eigenvalue weighted by atomic mass is 10.1. The summed E-state index contributed by atoms with van der Waals surface area (Å²) < 4.78 is 34.2. The minimum atomic E-state index is -3.95. The van der Waals surface area contributed by atoms with Gasteiger partial charge in [-0.3, -0.25) is 4.79 Å². The fraction of sp³-hybridized carbons (Fsp3) is 0.115. The molecule has 7 heteroatoms. The summed E-state index contributed by atoms with van der Waals surface area (Å²) in [5, 5.41) is 4.54. The third-order valence-corrected chi connectivity index (χ3v) is 6.75. The van der Waals surface area contributed by atoms with Crippen molar-refractivity contribution in [1.82, 2.24) is 4.72 Å². The molecule has 0 radical (unpaired) electrons. The summed E-state index contributed by atoms with van der Waals surface area (Å²) in [6.07, 6.45) is 0.204. The Balaban J connectivity index is 1.60. The highest BCUT2D eigenvalue weighted by atomic mass is 32.2. The number of methoxy groups -OCH3 is 1. The molecule has 0 aliphatic carbocycles. The van der Waals surface area contributed by atoms with Crippen molar-refractivity contribution < 1.29 is 17.9 Å². The molecule has 0 heterocycles. The highest BCUT2D eigenvalue weighted by molar-refractivity contribution is 7.89. The van der Waals surface area contributed by atoms with Gasteiger partial charge in [0.1, 0.15) is 11.8 Å². The first-order valence-electron chi connectivity index (χ1n) is 10.4. The first-order valence-corrected chi connectivity index (χ1v) is 11.9. The van der Waals surface area contributed by atoms with Crippen LogP contribution < -0.4 is 14.8 Å². The Bertz CT molecular complexity index is 1350. The van der Waals surface area contributed by atoms with Gasteiger partial charge in [0, 0.05) is 5.69 Å². The van der Waals surface area contributed by atoms with Crippen LogP contribution in [0.25, 0.3) is 10.8 Å². The van der Waals surface area contributed by atoms with Crippen LogP contribution in [-0.4, -0.2) is 27.5 Å². The van der Waals surface area contributed by atoms with Gasteiger partial charge in [-0.1, -0.05) is 60.7 Å². The monoisotopic (exact) mass is 460 g/mol. The number of sulfonamides is 1. The van der Waals surface area contributed by atoms with Gasteiger partial charge < -0.3 is 10.1 Å². The fourth-order valence-corrected chi connectivity index (χ4v) is 4.76. The van der Waals surface area contributed by atoms with Gasteiger partial charge >= 0.3 is 0 Å². The lowest BCUT2D eigenvalue weighted by molar-refractivity contribution is -0.117. The van der Waals surface area contributed by atoms with Crippen molar-refractivity contribution in [2.24, 2.45) is 0 Å². The molecule has 0 fully saturated rings. The van der Waals surface area contributed by atoms with E-state index in [-0.39, 0.29) is 11.3 Å². The molecule has 168 valence electrons. The third-order valence-electron chi connectivity index (χ3n) is 5.29. The van der Waals surface area contributed by atoms with Crippen molar-refractivity contribution >= 4 is 32.4 Å². The highest BCUT2D eigenvalue weighted by Crippen LogP contribution is 2.20. The average Bonchev–Trinajstić information content (AvgIpc) is 2.84. The van der Waals surface area contributed by atoms with E-state index in [1.165, 1.54) is 0 Å². The van der Waals surface area contributed by atoms with Gasteiger partial charge in [0.05, 0.1) is 12.0 Å². The van der Waals surface area contributed by atoms with E-state index < -0.39 is 22.0 Å². The first-order chi connectivity index (χ1) is 15.9. The van der Waals surface area contributed by atoms with Crippen LogP contribution >= 0.6 is 0 Å². The normalized spacial score (nSPS) is 12.3. The maximum absolute atomic E-state index is 13.2. The minimum absolute atomic E-state index is 0.108. The van der Waals surface area contributed by atoms with E-state index in [1.807, 2.05) is 54.6 Å². The number of carbonyl (C=O) groups excluding carboxylic acids is 1. The number of hydrogen-bond acceptors (Lipinski definition) is 4. The third kappa shape index (κ3) is 5.58. The molecular formula is C26H24N2O4S. The summed E-state index contributed by atoms with van der Waals surface area (Å²) in [6, 6.07) is 27.6. The van der Waals surface area contributed by atoms with Gasteiger partial charge in [-0.15, -0.1) is 0 Å². The molecule has 0 saturated heterocycles. The van der Waals surface area contributed by atoms with E-state index >= 15 is 0 Å². The van der Waals surface area contributed by atoms with Gasteiger partial charge in [-0.05, 0) is 59.2 Å². The van der Waals surface area contributed by atoms with Crippen LogP contribution in [0.4, 0.5) is 5.69 Å². The summed E-state index contributed by atoms with van der Waals surface area (Å²) in [5.74, 6) is 0.208. The lowest BCUT2D eigenvalue weighted by Crippen LogP contribution is -2.45. The Morgan fingerprint density at radius 2 is 1.52 bits per heavy atom. The van der Waals surface area contributed by atoms with E-state index in [0.29, 0.717) is 11.4 Å². The van der Waals surface area contributed by atoms with Gasteiger partial charge in [0.25, 0.3) is 0 Å². The van der Waals surface area contributed by atoms with Crippen LogP contribution in [0.2, 0.25) is 0 Å². The molecule has 0 spiro atoms. The van der Waals surface area contributed by atoms with Crippen LogP contribution in [0.3, 0.4) is 0 Å². The number of nitrogens with one attached hydrogen (secondary N) is 2. The van der Waals surface area contributed by atoms with E-state index in [0.717, 1.165) is 16.3 Å². The summed E-state index contributed by atoms with van der Waals surface area (Å²) >= 11 is 0. The maximum Gasteiger partial charge on any atom is 0.242 e. The van der Waals surface area contributed by atoms with Gasteiger partial charge in [0.2, 0.25) is 15.9 Å². The minimum Gasteiger partial charge on any atom is -0.497 e. The molecule has 4 aromatic rings. The molecule has 0 aliphatic heterocycles. The summed E-state index contributed by atoms with van der Waals surface area (Å²) in [4.78, 5) is 13.2. The Morgan fingerprint density at radius 3 is 2.21 bits per heavy atom. The zero-order valence-corrected chi connectivity index (χ0v) is 18.9.